The fourth-order valence-corrected chi connectivity index (χ4v) is 2.88. The topological polar surface area (TPSA) is 74.0 Å². The Kier molecular flexibility index (Phi) is 6.53. The zero-order valence-electron chi connectivity index (χ0n) is 15.7. The third-order valence-electron chi connectivity index (χ3n) is 4.10. The number of rotatable bonds is 6. The number of nitrogens with two attached hydrogens (primary N) is 1. The summed E-state index contributed by atoms with van der Waals surface area (Å²) in [7, 11) is 1.63. The Labute approximate surface area is 150 Å². The lowest BCUT2D eigenvalue weighted by molar-refractivity contribution is -0.156. The van der Waals surface area contributed by atoms with E-state index in [4.69, 9.17) is 19.9 Å². The van der Waals surface area contributed by atoms with E-state index in [9.17, 15) is 4.79 Å². The van der Waals surface area contributed by atoms with Gasteiger partial charge in [-0.15, -0.1) is 0 Å². The van der Waals surface area contributed by atoms with Crippen LogP contribution >= 0.6 is 0 Å². The maximum Gasteiger partial charge on any atom is 0.308 e. The van der Waals surface area contributed by atoms with E-state index in [1.165, 1.54) is 0 Å². The van der Waals surface area contributed by atoms with Crippen molar-refractivity contribution in [3.05, 3.63) is 18.2 Å². The maximum absolute atomic E-state index is 11.7. The van der Waals surface area contributed by atoms with E-state index in [-0.39, 0.29) is 12.1 Å². The van der Waals surface area contributed by atoms with Crippen LogP contribution in [0.25, 0.3) is 0 Å². The number of methoxy groups -OCH3 is 1. The second-order valence-corrected chi connectivity index (χ2v) is 7.32. The SMILES string of the molecule is COc1cc(N2CCC(OCCC(=O)OC(C)(C)C)CC2)ccc1N. The van der Waals surface area contributed by atoms with E-state index in [1.807, 2.05) is 39.0 Å². The minimum atomic E-state index is -0.442. The second kappa shape index (κ2) is 8.43. The summed E-state index contributed by atoms with van der Waals surface area (Å²) in [6, 6.07) is 5.86. The Balaban J connectivity index is 1.74. The van der Waals surface area contributed by atoms with Crippen LogP contribution in [0, 0.1) is 0 Å². The van der Waals surface area contributed by atoms with Gasteiger partial charge in [-0.3, -0.25) is 4.79 Å². The summed E-state index contributed by atoms with van der Waals surface area (Å²) in [5.41, 5.74) is 7.18. The van der Waals surface area contributed by atoms with Crippen LogP contribution in [-0.4, -0.2) is 44.5 Å². The molecule has 1 fully saturated rings. The highest BCUT2D eigenvalue weighted by Crippen LogP contribution is 2.29. The maximum atomic E-state index is 11.7. The summed E-state index contributed by atoms with van der Waals surface area (Å²) in [6.07, 6.45) is 2.35. The van der Waals surface area contributed by atoms with E-state index in [0.717, 1.165) is 31.6 Å². The van der Waals surface area contributed by atoms with Gasteiger partial charge in [-0.25, -0.2) is 0 Å². The van der Waals surface area contributed by atoms with Gasteiger partial charge in [0.25, 0.3) is 0 Å². The average Bonchev–Trinajstić information content (AvgIpc) is 2.54. The molecule has 1 aliphatic rings. The van der Waals surface area contributed by atoms with E-state index >= 15 is 0 Å². The van der Waals surface area contributed by atoms with Crippen LogP contribution in [0.15, 0.2) is 18.2 Å². The molecular formula is C19H30N2O4. The minimum Gasteiger partial charge on any atom is -0.495 e. The van der Waals surface area contributed by atoms with Crippen LogP contribution in [0.3, 0.4) is 0 Å². The van der Waals surface area contributed by atoms with Crippen LogP contribution in [0.5, 0.6) is 5.75 Å². The lowest BCUT2D eigenvalue weighted by Gasteiger charge is -2.33. The number of carbonyl (C=O) groups is 1. The van der Waals surface area contributed by atoms with Crippen LogP contribution in [-0.2, 0) is 14.3 Å². The highest BCUT2D eigenvalue weighted by Gasteiger charge is 2.21. The van der Waals surface area contributed by atoms with Crippen molar-refractivity contribution in [1.82, 2.24) is 0 Å². The first kappa shape index (κ1) is 19.4. The van der Waals surface area contributed by atoms with Crippen LogP contribution in [0.2, 0.25) is 0 Å². The third-order valence-corrected chi connectivity index (χ3v) is 4.10. The van der Waals surface area contributed by atoms with Gasteiger partial charge in [-0.05, 0) is 45.7 Å². The van der Waals surface area contributed by atoms with Gasteiger partial charge in [-0.1, -0.05) is 0 Å². The quantitative estimate of drug-likeness (QED) is 0.628. The fourth-order valence-electron chi connectivity index (χ4n) is 2.88. The van der Waals surface area contributed by atoms with Crippen LogP contribution < -0.4 is 15.4 Å². The molecule has 0 spiro atoms. The van der Waals surface area contributed by atoms with Crippen molar-refractivity contribution in [1.29, 1.82) is 0 Å². The molecule has 1 aliphatic heterocycles. The summed E-state index contributed by atoms with van der Waals surface area (Å²) in [6.45, 7) is 7.83. The first-order chi connectivity index (χ1) is 11.8. The Hall–Kier alpha value is -1.95. The lowest BCUT2D eigenvalue weighted by Crippen LogP contribution is -2.37. The molecule has 140 valence electrons. The summed E-state index contributed by atoms with van der Waals surface area (Å²) in [5.74, 6) is 0.493. The van der Waals surface area contributed by atoms with E-state index in [0.29, 0.717) is 24.5 Å². The van der Waals surface area contributed by atoms with Crippen molar-refractivity contribution in [2.75, 3.05) is 37.4 Å². The van der Waals surface area contributed by atoms with Gasteiger partial charge in [-0.2, -0.15) is 0 Å². The molecule has 1 aromatic rings. The molecule has 0 atom stereocenters. The number of piperidine rings is 1. The average molecular weight is 350 g/mol. The van der Waals surface area contributed by atoms with E-state index in [2.05, 4.69) is 4.90 Å². The fraction of sp³-hybridized carbons (Fsp3) is 0.632. The van der Waals surface area contributed by atoms with Crippen molar-refractivity contribution in [3.8, 4) is 5.75 Å². The zero-order valence-corrected chi connectivity index (χ0v) is 15.7. The molecule has 1 saturated heterocycles. The molecule has 0 radical (unpaired) electrons. The number of esters is 1. The number of carbonyl (C=O) groups excluding carboxylic acids is 1. The Morgan fingerprint density at radius 2 is 1.96 bits per heavy atom. The molecule has 1 heterocycles. The van der Waals surface area contributed by atoms with Crippen molar-refractivity contribution >= 4 is 17.3 Å². The standard InChI is InChI=1S/C19H30N2O4/c1-19(2,3)25-18(22)9-12-24-15-7-10-21(11-8-15)14-5-6-16(20)17(13-14)23-4/h5-6,13,15H,7-12,20H2,1-4H3. The second-order valence-electron chi connectivity index (χ2n) is 7.32. The molecule has 0 unspecified atom stereocenters. The van der Waals surface area contributed by atoms with E-state index < -0.39 is 5.60 Å². The number of ether oxygens (including phenoxy) is 3. The van der Waals surface area contributed by atoms with Gasteiger partial charge in [0, 0.05) is 24.8 Å². The molecular weight excluding hydrogens is 320 g/mol. The molecule has 2 N–H and O–H groups in total. The molecule has 2 rings (SSSR count). The van der Waals surface area contributed by atoms with Gasteiger partial charge >= 0.3 is 5.97 Å². The predicted molar refractivity (Wildman–Crippen MR) is 99.1 cm³/mol. The van der Waals surface area contributed by atoms with Gasteiger partial charge in [0.2, 0.25) is 0 Å². The monoisotopic (exact) mass is 350 g/mol. The molecule has 0 bridgehead atoms. The van der Waals surface area contributed by atoms with Crippen LogP contribution in [0.4, 0.5) is 11.4 Å². The molecule has 1 aromatic carbocycles. The molecule has 0 aromatic heterocycles. The normalized spacial score (nSPS) is 15.9. The first-order valence-corrected chi connectivity index (χ1v) is 8.80. The third kappa shape index (κ3) is 6.12. The summed E-state index contributed by atoms with van der Waals surface area (Å²) >= 11 is 0. The number of anilines is 2. The molecule has 0 saturated carbocycles. The molecule has 0 aliphatic carbocycles. The highest BCUT2D eigenvalue weighted by molar-refractivity contribution is 5.69. The summed E-state index contributed by atoms with van der Waals surface area (Å²) in [4.78, 5) is 14.0. The van der Waals surface area contributed by atoms with Gasteiger partial charge in [0.05, 0.1) is 31.9 Å². The highest BCUT2D eigenvalue weighted by atomic mass is 16.6. The predicted octanol–water partition coefficient (Wildman–Crippen LogP) is 2.99. The number of benzene rings is 1. The summed E-state index contributed by atoms with van der Waals surface area (Å²) < 4.78 is 16.4. The molecule has 6 nitrogen and oxygen atoms in total. The lowest BCUT2D eigenvalue weighted by atomic mass is 10.1. The molecule has 6 heteroatoms. The molecule has 0 amide bonds. The van der Waals surface area contributed by atoms with Gasteiger partial charge in [0.1, 0.15) is 11.4 Å². The number of hydrogen-bond acceptors (Lipinski definition) is 6. The van der Waals surface area contributed by atoms with Crippen molar-refractivity contribution in [2.24, 2.45) is 0 Å². The van der Waals surface area contributed by atoms with Gasteiger partial charge in [0.15, 0.2) is 0 Å². The largest absolute Gasteiger partial charge is 0.495 e. The number of nitrogens with zero attached hydrogens (tertiary/aromatic N) is 1. The van der Waals surface area contributed by atoms with Crippen molar-refractivity contribution < 1.29 is 19.0 Å². The zero-order chi connectivity index (χ0) is 18.4. The Bertz CT molecular complexity index is 575. The smallest absolute Gasteiger partial charge is 0.308 e. The van der Waals surface area contributed by atoms with Gasteiger partial charge < -0.3 is 24.8 Å². The van der Waals surface area contributed by atoms with E-state index in [1.54, 1.807) is 7.11 Å². The van der Waals surface area contributed by atoms with Crippen molar-refractivity contribution in [2.45, 2.75) is 51.7 Å². The number of hydrogen-bond donors (Lipinski definition) is 1. The Morgan fingerprint density at radius 1 is 1.28 bits per heavy atom. The summed E-state index contributed by atoms with van der Waals surface area (Å²) in [5, 5.41) is 0. The minimum absolute atomic E-state index is 0.189. The number of nitrogen functional groups attached to an aromatic ring is 1. The van der Waals surface area contributed by atoms with Crippen LogP contribution in [0.1, 0.15) is 40.0 Å². The Morgan fingerprint density at radius 3 is 2.56 bits per heavy atom. The van der Waals surface area contributed by atoms with Crippen molar-refractivity contribution in [3.63, 3.8) is 0 Å². The molecule has 25 heavy (non-hydrogen) atoms. The first-order valence-electron chi connectivity index (χ1n) is 8.80.